The van der Waals surface area contributed by atoms with Crippen molar-refractivity contribution < 1.29 is 9.50 Å². The highest BCUT2D eigenvalue weighted by atomic mass is 35.5. The van der Waals surface area contributed by atoms with Gasteiger partial charge in [-0.05, 0) is 25.0 Å². The molecule has 1 atom stereocenters. The second-order valence-corrected chi connectivity index (χ2v) is 5.22. The SMILES string of the molecule is CCC[C@H](c1c(F)ccc(C)c1O)N1CCNCC1.Cl.Cl. The smallest absolute Gasteiger partial charge is 0.131 e. The number of hydrogen-bond donors (Lipinski definition) is 2. The van der Waals surface area contributed by atoms with Gasteiger partial charge in [0.05, 0.1) is 0 Å². The normalized spacial score (nSPS) is 16.7. The molecule has 2 rings (SSSR count). The van der Waals surface area contributed by atoms with Crippen molar-refractivity contribution in [3.8, 4) is 5.75 Å². The summed E-state index contributed by atoms with van der Waals surface area (Å²) in [6.45, 7) is 7.57. The van der Waals surface area contributed by atoms with Gasteiger partial charge in [-0.25, -0.2) is 4.39 Å². The summed E-state index contributed by atoms with van der Waals surface area (Å²) in [6, 6.07) is 3.08. The zero-order chi connectivity index (χ0) is 13.8. The van der Waals surface area contributed by atoms with Gasteiger partial charge < -0.3 is 10.4 Å². The molecular formula is C15H25Cl2FN2O. The van der Waals surface area contributed by atoms with Gasteiger partial charge >= 0.3 is 0 Å². The minimum absolute atomic E-state index is 0. The Bertz CT molecular complexity index is 440. The first-order chi connectivity index (χ1) is 9.15. The maximum absolute atomic E-state index is 14.2. The van der Waals surface area contributed by atoms with Gasteiger partial charge in [0.1, 0.15) is 11.6 Å². The van der Waals surface area contributed by atoms with Crippen LogP contribution in [0.3, 0.4) is 0 Å². The summed E-state index contributed by atoms with van der Waals surface area (Å²) in [4.78, 5) is 2.28. The number of aryl methyl sites for hydroxylation is 1. The summed E-state index contributed by atoms with van der Waals surface area (Å²) in [6.07, 6.45) is 1.84. The van der Waals surface area contributed by atoms with Gasteiger partial charge in [0.2, 0.25) is 0 Å². The molecule has 1 fully saturated rings. The molecule has 1 aromatic carbocycles. The minimum Gasteiger partial charge on any atom is -0.507 e. The average molecular weight is 339 g/mol. The van der Waals surface area contributed by atoms with Crippen LogP contribution in [0.15, 0.2) is 12.1 Å². The molecule has 6 heteroatoms. The van der Waals surface area contributed by atoms with Gasteiger partial charge in [-0.2, -0.15) is 0 Å². The van der Waals surface area contributed by atoms with E-state index in [0.29, 0.717) is 5.56 Å². The van der Waals surface area contributed by atoms with Crippen molar-refractivity contribution >= 4 is 24.8 Å². The number of aromatic hydroxyl groups is 1. The number of phenols is 1. The van der Waals surface area contributed by atoms with E-state index in [0.717, 1.165) is 44.6 Å². The first-order valence-corrected chi connectivity index (χ1v) is 7.08. The Morgan fingerprint density at radius 1 is 1.29 bits per heavy atom. The van der Waals surface area contributed by atoms with Crippen molar-refractivity contribution in [1.82, 2.24) is 10.2 Å². The Morgan fingerprint density at radius 3 is 2.48 bits per heavy atom. The fraction of sp³-hybridized carbons (Fsp3) is 0.600. The summed E-state index contributed by atoms with van der Waals surface area (Å²) in [5.74, 6) is -0.169. The number of piperazine rings is 1. The van der Waals surface area contributed by atoms with E-state index in [9.17, 15) is 9.50 Å². The van der Waals surface area contributed by atoms with Gasteiger partial charge in [-0.1, -0.05) is 19.4 Å². The number of nitrogens with one attached hydrogen (secondary N) is 1. The second kappa shape index (κ2) is 9.46. The second-order valence-electron chi connectivity index (χ2n) is 5.22. The zero-order valence-electron chi connectivity index (χ0n) is 12.6. The van der Waals surface area contributed by atoms with Crippen molar-refractivity contribution in [2.24, 2.45) is 0 Å². The quantitative estimate of drug-likeness (QED) is 0.882. The third-order valence-corrected chi connectivity index (χ3v) is 3.85. The van der Waals surface area contributed by atoms with Crippen LogP contribution in [0.4, 0.5) is 4.39 Å². The van der Waals surface area contributed by atoms with Crippen molar-refractivity contribution in [2.45, 2.75) is 32.7 Å². The number of halogens is 3. The lowest BCUT2D eigenvalue weighted by Gasteiger charge is -2.35. The highest BCUT2D eigenvalue weighted by Gasteiger charge is 2.27. The molecule has 0 spiro atoms. The molecule has 0 bridgehead atoms. The van der Waals surface area contributed by atoms with E-state index in [1.165, 1.54) is 6.07 Å². The van der Waals surface area contributed by atoms with E-state index in [-0.39, 0.29) is 42.4 Å². The highest BCUT2D eigenvalue weighted by Crippen LogP contribution is 2.36. The van der Waals surface area contributed by atoms with Gasteiger partial charge in [0, 0.05) is 37.8 Å². The monoisotopic (exact) mass is 338 g/mol. The van der Waals surface area contributed by atoms with E-state index in [1.54, 1.807) is 6.07 Å². The number of hydrogen-bond acceptors (Lipinski definition) is 3. The van der Waals surface area contributed by atoms with Crippen LogP contribution < -0.4 is 5.32 Å². The molecule has 0 saturated carbocycles. The highest BCUT2D eigenvalue weighted by molar-refractivity contribution is 5.85. The average Bonchev–Trinajstić information content (AvgIpc) is 2.43. The molecule has 0 radical (unpaired) electrons. The molecular weight excluding hydrogens is 314 g/mol. The van der Waals surface area contributed by atoms with Crippen LogP contribution in [0.25, 0.3) is 0 Å². The van der Waals surface area contributed by atoms with Gasteiger partial charge in [-0.3, -0.25) is 4.90 Å². The third-order valence-electron chi connectivity index (χ3n) is 3.85. The lowest BCUT2D eigenvalue weighted by molar-refractivity contribution is 0.158. The van der Waals surface area contributed by atoms with Gasteiger partial charge in [0.25, 0.3) is 0 Å². The molecule has 0 aromatic heterocycles. The van der Waals surface area contributed by atoms with E-state index in [1.807, 2.05) is 6.92 Å². The summed E-state index contributed by atoms with van der Waals surface area (Å²) in [5, 5.41) is 13.5. The lowest BCUT2D eigenvalue weighted by atomic mass is 9.96. The molecule has 1 saturated heterocycles. The third kappa shape index (κ3) is 4.71. The molecule has 3 nitrogen and oxygen atoms in total. The van der Waals surface area contributed by atoms with Crippen LogP contribution >= 0.6 is 24.8 Å². The van der Waals surface area contributed by atoms with Crippen LogP contribution in [-0.2, 0) is 0 Å². The van der Waals surface area contributed by atoms with E-state index < -0.39 is 0 Å². The van der Waals surface area contributed by atoms with Gasteiger partial charge in [-0.15, -0.1) is 24.8 Å². The van der Waals surface area contributed by atoms with Crippen LogP contribution in [-0.4, -0.2) is 36.2 Å². The molecule has 1 aliphatic rings. The van der Waals surface area contributed by atoms with Crippen LogP contribution in [0.2, 0.25) is 0 Å². The van der Waals surface area contributed by atoms with Gasteiger partial charge in [0.15, 0.2) is 0 Å². The molecule has 122 valence electrons. The van der Waals surface area contributed by atoms with E-state index in [4.69, 9.17) is 0 Å². The fourth-order valence-electron chi connectivity index (χ4n) is 2.79. The Labute approximate surface area is 138 Å². The zero-order valence-corrected chi connectivity index (χ0v) is 14.2. The molecule has 1 heterocycles. The Kier molecular flexibility index (Phi) is 9.22. The largest absolute Gasteiger partial charge is 0.507 e. The van der Waals surface area contributed by atoms with Crippen LogP contribution in [0, 0.1) is 12.7 Å². The van der Waals surface area contributed by atoms with Crippen molar-refractivity contribution in [2.75, 3.05) is 26.2 Å². The Balaban J connectivity index is 0.00000200. The predicted molar refractivity (Wildman–Crippen MR) is 89.4 cm³/mol. The number of nitrogens with zero attached hydrogens (tertiary/aromatic N) is 1. The molecule has 0 aliphatic carbocycles. The maximum Gasteiger partial charge on any atom is 0.131 e. The van der Waals surface area contributed by atoms with Crippen molar-refractivity contribution in [3.63, 3.8) is 0 Å². The van der Waals surface area contributed by atoms with Crippen molar-refractivity contribution in [1.29, 1.82) is 0 Å². The van der Waals surface area contributed by atoms with Crippen molar-refractivity contribution in [3.05, 3.63) is 29.1 Å². The molecule has 1 aliphatic heterocycles. The molecule has 0 unspecified atom stereocenters. The Hall–Kier alpha value is -0.550. The number of benzene rings is 1. The van der Waals surface area contributed by atoms with Crippen LogP contribution in [0.1, 0.15) is 36.9 Å². The Morgan fingerprint density at radius 2 is 1.90 bits per heavy atom. The summed E-state index contributed by atoms with van der Waals surface area (Å²) in [5.41, 5.74) is 1.22. The minimum atomic E-state index is -0.292. The standard InChI is InChI=1S/C15H23FN2O.2ClH/c1-3-4-13(18-9-7-17-8-10-18)14-12(16)6-5-11(2)15(14)19;;/h5-6,13,17,19H,3-4,7-10H2,1-2H3;2*1H/t13-;;/m1../s1. The number of phenolic OH excluding ortho intramolecular Hbond substituents is 1. The first-order valence-electron chi connectivity index (χ1n) is 7.08. The topological polar surface area (TPSA) is 35.5 Å². The predicted octanol–water partition coefficient (Wildman–Crippen LogP) is 3.43. The molecule has 21 heavy (non-hydrogen) atoms. The maximum atomic E-state index is 14.2. The lowest BCUT2D eigenvalue weighted by Crippen LogP contribution is -2.45. The molecule has 2 N–H and O–H groups in total. The summed E-state index contributed by atoms with van der Waals surface area (Å²) < 4.78 is 14.2. The molecule has 0 amide bonds. The number of rotatable bonds is 4. The first kappa shape index (κ1) is 20.5. The summed E-state index contributed by atoms with van der Waals surface area (Å²) in [7, 11) is 0. The van der Waals surface area contributed by atoms with Crippen LogP contribution in [0.5, 0.6) is 5.75 Å². The fourth-order valence-corrected chi connectivity index (χ4v) is 2.79. The summed E-state index contributed by atoms with van der Waals surface area (Å²) >= 11 is 0. The van der Waals surface area contributed by atoms with E-state index in [2.05, 4.69) is 17.1 Å². The molecule has 1 aromatic rings. The van der Waals surface area contributed by atoms with E-state index >= 15 is 0 Å².